The molecule has 0 aliphatic carbocycles. The maximum Gasteiger partial charge on any atom is 0.346 e. The number of esters is 2. The molecule has 3 rings (SSSR count). The molecule has 1 aliphatic rings. The summed E-state index contributed by atoms with van der Waals surface area (Å²) < 4.78 is 4.56. The van der Waals surface area contributed by atoms with Crippen molar-refractivity contribution in [2.45, 2.75) is 6.92 Å². The van der Waals surface area contributed by atoms with Crippen LogP contribution in [0.25, 0.3) is 10.8 Å². The average molecular weight is 212 g/mol. The van der Waals surface area contributed by atoms with Crippen LogP contribution in [-0.2, 0) is 4.74 Å². The number of aryl methyl sites for hydroxylation is 1. The first-order valence-corrected chi connectivity index (χ1v) is 4.97. The van der Waals surface area contributed by atoms with Crippen LogP contribution in [0.1, 0.15) is 26.3 Å². The van der Waals surface area contributed by atoms with Gasteiger partial charge in [0.05, 0.1) is 11.1 Å². The summed E-state index contributed by atoms with van der Waals surface area (Å²) in [6.45, 7) is 1.97. The Hall–Kier alpha value is -2.16. The van der Waals surface area contributed by atoms with Crippen LogP contribution in [0.5, 0.6) is 0 Å². The average Bonchev–Trinajstić information content (AvgIpc) is 2.53. The predicted octanol–water partition coefficient (Wildman–Crippen LogP) is 2.46. The first-order chi connectivity index (χ1) is 7.66. The number of hydrogen-bond donors (Lipinski definition) is 0. The molecule has 0 saturated carbocycles. The van der Waals surface area contributed by atoms with Crippen molar-refractivity contribution in [1.29, 1.82) is 0 Å². The number of rotatable bonds is 0. The normalized spacial score (nSPS) is 14.1. The van der Waals surface area contributed by atoms with E-state index in [1.165, 1.54) is 0 Å². The molecule has 2 aromatic rings. The number of cyclic esters (lactones) is 2. The second-order valence-corrected chi connectivity index (χ2v) is 3.87. The van der Waals surface area contributed by atoms with Gasteiger partial charge in [-0.2, -0.15) is 0 Å². The highest BCUT2D eigenvalue weighted by Crippen LogP contribution is 2.27. The third-order valence-electron chi connectivity index (χ3n) is 2.86. The van der Waals surface area contributed by atoms with E-state index in [9.17, 15) is 9.59 Å². The Balaban J connectivity index is 2.43. The van der Waals surface area contributed by atoms with Crippen molar-refractivity contribution >= 4 is 22.7 Å². The van der Waals surface area contributed by atoms with Crippen LogP contribution in [0, 0.1) is 6.92 Å². The fraction of sp³-hybridized carbons (Fsp3) is 0.0769. The van der Waals surface area contributed by atoms with Gasteiger partial charge in [0.1, 0.15) is 0 Å². The number of ether oxygens (including phenoxy) is 1. The van der Waals surface area contributed by atoms with Crippen LogP contribution < -0.4 is 0 Å². The third kappa shape index (κ3) is 1.08. The van der Waals surface area contributed by atoms with E-state index in [0.717, 1.165) is 16.3 Å². The van der Waals surface area contributed by atoms with Gasteiger partial charge in [-0.1, -0.05) is 18.2 Å². The molecule has 1 aliphatic heterocycles. The monoisotopic (exact) mass is 212 g/mol. The van der Waals surface area contributed by atoms with E-state index in [-0.39, 0.29) is 0 Å². The maximum absolute atomic E-state index is 11.4. The number of fused-ring (bicyclic) bond motifs is 2. The molecule has 2 aromatic carbocycles. The summed E-state index contributed by atoms with van der Waals surface area (Å²) >= 11 is 0. The lowest BCUT2D eigenvalue weighted by molar-refractivity contribution is 0.0444. The lowest BCUT2D eigenvalue weighted by atomic mass is 9.99. The van der Waals surface area contributed by atoms with Gasteiger partial charge in [-0.25, -0.2) is 9.59 Å². The molecular weight excluding hydrogens is 204 g/mol. The van der Waals surface area contributed by atoms with Crippen LogP contribution in [0.3, 0.4) is 0 Å². The first kappa shape index (κ1) is 9.09. The Bertz CT molecular complexity index is 641. The SMILES string of the molecule is Cc1cccc2cc3c(cc12)C(=O)OC3=O. The summed E-state index contributed by atoms with van der Waals surface area (Å²) in [7, 11) is 0. The van der Waals surface area contributed by atoms with Gasteiger partial charge >= 0.3 is 11.9 Å². The van der Waals surface area contributed by atoms with Crippen molar-refractivity contribution in [2.75, 3.05) is 0 Å². The lowest BCUT2D eigenvalue weighted by Gasteiger charge is -2.02. The Morgan fingerprint density at radius 2 is 1.69 bits per heavy atom. The molecule has 16 heavy (non-hydrogen) atoms. The molecule has 0 atom stereocenters. The predicted molar refractivity (Wildman–Crippen MR) is 58.4 cm³/mol. The fourth-order valence-corrected chi connectivity index (χ4v) is 2.01. The first-order valence-electron chi connectivity index (χ1n) is 4.97. The van der Waals surface area contributed by atoms with Crippen LogP contribution in [-0.4, -0.2) is 11.9 Å². The summed E-state index contributed by atoms with van der Waals surface area (Å²) in [4.78, 5) is 22.7. The van der Waals surface area contributed by atoms with Crippen LogP contribution >= 0.6 is 0 Å². The number of carbonyl (C=O) groups is 2. The van der Waals surface area contributed by atoms with Crippen molar-refractivity contribution in [3.63, 3.8) is 0 Å². The largest absolute Gasteiger partial charge is 0.386 e. The van der Waals surface area contributed by atoms with Crippen LogP contribution in [0.2, 0.25) is 0 Å². The minimum atomic E-state index is -0.552. The molecule has 0 amide bonds. The summed E-state index contributed by atoms with van der Waals surface area (Å²) in [6, 6.07) is 9.25. The molecule has 0 spiro atoms. The van der Waals surface area contributed by atoms with Crippen molar-refractivity contribution in [2.24, 2.45) is 0 Å². The summed E-state index contributed by atoms with van der Waals surface area (Å²) in [5.41, 5.74) is 1.81. The molecule has 3 heteroatoms. The van der Waals surface area contributed by atoms with Gasteiger partial charge in [-0.05, 0) is 35.4 Å². The van der Waals surface area contributed by atoms with Gasteiger partial charge in [0, 0.05) is 0 Å². The van der Waals surface area contributed by atoms with Crippen LogP contribution in [0.4, 0.5) is 0 Å². The second-order valence-electron chi connectivity index (χ2n) is 3.87. The standard InChI is InChI=1S/C13H8O3/c1-7-3-2-4-8-5-10-11(6-9(7)8)13(15)16-12(10)14/h2-6H,1H3. The lowest BCUT2D eigenvalue weighted by Crippen LogP contribution is -1.96. The van der Waals surface area contributed by atoms with Crippen molar-refractivity contribution in [1.82, 2.24) is 0 Å². The topological polar surface area (TPSA) is 43.4 Å². The molecule has 1 heterocycles. The van der Waals surface area contributed by atoms with Crippen molar-refractivity contribution in [3.05, 3.63) is 47.0 Å². The van der Waals surface area contributed by atoms with E-state index in [1.807, 2.05) is 25.1 Å². The van der Waals surface area contributed by atoms with Crippen molar-refractivity contribution in [3.8, 4) is 0 Å². The third-order valence-corrected chi connectivity index (χ3v) is 2.86. The minimum absolute atomic E-state index is 0.364. The Kier molecular flexibility index (Phi) is 1.66. The highest BCUT2D eigenvalue weighted by molar-refractivity contribution is 6.17. The van der Waals surface area contributed by atoms with Gasteiger partial charge in [-0.15, -0.1) is 0 Å². The van der Waals surface area contributed by atoms with Gasteiger partial charge in [0.15, 0.2) is 0 Å². The molecule has 0 fully saturated rings. The molecule has 0 unspecified atom stereocenters. The molecular formula is C13H8O3. The van der Waals surface area contributed by atoms with Crippen molar-refractivity contribution < 1.29 is 14.3 Å². The van der Waals surface area contributed by atoms with E-state index in [2.05, 4.69) is 4.74 Å². The molecule has 0 radical (unpaired) electrons. The van der Waals surface area contributed by atoms with E-state index in [1.54, 1.807) is 12.1 Å². The minimum Gasteiger partial charge on any atom is -0.386 e. The quantitative estimate of drug-likeness (QED) is 0.497. The Morgan fingerprint density at radius 1 is 1.00 bits per heavy atom. The van der Waals surface area contributed by atoms with E-state index < -0.39 is 11.9 Å². The van der Waals surface area contributed by atoms with Crippen LogP contribution in [0.15, 0.2) is 30.3 Å². The molecule has 0 saturated heterocycles. The van der Waals surface area contributed by atoms with E-state index >= 15 is 0 Å². The smallest absolute Gasteiger partial charge is 0.346 e. The number of carbonyl (C=O) groups excluding carboxylic acids is 2. The Morgan fingerprint density at radius 3 is 2.44 bits per heavy atom. The molecule has 0 bridgehead atoms. The summed E-state index contributed by atoms with van der Waals surface area (Å²) in [6.07, 6.45) is 0. The second kappa shape index (κ2) is 2.92. The molecule has 78 valence electrons. The zero-order chi connectivity index (χ0) is 11.3. The molecule has 3 nitrogen and oxygen atoms in total. The fourth-order valence-electron chi connectivity index (χ4n) is 2.01. The summed E-state index contributed by atoms with van der Waals surface area (Å²) in [5, 5.41) is 1.93. The van der Waals surface area contributed by atoms with Gasteiger partial charge in [0.2, 0.25) is 0 Å². The highest BCUT2D eigenvalue weighted by atomic mass is 16.6. The Labute approximate surface area is 91.6 Å². The zero-order valence-corrected chi connectivity index (χ0v) is 8.61. The zero-order valence-electron chi connectivity index (χ0n) is 8.61. The highest BCUT2D eigenvalue weighted by Gasteiger charge is 2.29. The van der Waals surface area contributed by atoms with E-state index in [0.29, 0.717) is 11.1 Å². The maximum atomic E-state index is 11.4. The number of hydrogen-bond acceptors (Lipinski definition) is 3. The van der Waals surface area contributed by atoms with Gasteiger partial charge in [0.25, 0.3) is 0 Å². The van der Waals surface area contributed by atoms with E-state index in [4.69, 9.17) is 0 Å². The number of benzene rings is 2. The van der Waals surface area contributed by atoms with Gasteiger partial charge in [-0.3, -0.25) is 0 Å². The molecule has 0 aromatic heterocycles. The summed E-state index contributed by atoms with van der Waals surface area (Å²) in [5.74, 6) is -1.10. The molecule has 0 N–H and O–H groups in total. The van der Waals surface area contributed by atoms with Gasteiger partial charge < -0.3 is 4.74 Å².